The number of likely N-dealkylation sites (tertiary alicyclic amines) is 1. The van der Waals surface area contributed by atoms with Crippen molar-refractivity contribution in [3.05, 3.63) is 0 Å². The number of ketones is 1. The highest BCUT2D eigenvalue weighted by atomic mass is 32.2. The van der Waals surface area contributed by atoms with E-state index in [2.05, 4.69) is 35.1 Å². The highest BCUT2D eigenvalue weighted by Crippen LogP contribution is 2.65. The number of fused-ring (bicyclic) bond motifs is 1. The van der Waals surface area contributed by atoms with Crippen LogP contribution in [0.2, 0.25) is 0 Å². The van der Waals surface area contributed by atoms with Gasteiger partial charge in [-0.2, -0.15) is 0 Å². The van der Waals surface area contributed by atoms with Crippen molar-refractivity contribution >= 4 is 39.4 Å². The number of hydrogen-bond donors (Lipinski definition) is 4. The fourth-order valence-corrected chi connectivity index (χ4v) is 9.16. The molecule has 1 heterocycles. The summed E-state index contributed by atoms with van der Waals surface area (Å²) in [5.74, 6) is -2.46. The first-order chi connectivity index (χ1) is 22.2. The Morgan fingerprint density at radius 2 is 1.58 bits per heavy atom. The molecule has 4 N–H and O–H groups in total. The largest absolute Gasteiger partial charge is 0.347 e. The fraction of sp³-hybridized carbons (Fsp3) is 0.857. The zero-order chi connectivity index (χ0) is 35.8. The number of carbonyl (C=O) groups excluding carboxylic acids is 5. The molecule has 3 saturated carbocycles. The number of unbranched alkanes of at least 4 members (excludes halogenated alkanes) is 1. The lowest BCUT2D eigenvalue weighted by Crippen LogP contribution is -2.64. The quantitative estimate of drug-likeness (QED) is 0.202. The molecule has 4 aliphatic rings. The smallest absolute Gasteiger partial charge is 0.315 e. The van der Waals surface area contributed by atoms with Gasteiger partial charge in [0.1, 0.15) is 12.1 Å². The first-order valence-corrected chi connectivity index (χ1v) is 19.7. The van der Waals surface area contributed by atoms with Gasteiger partial charge in [0.2, 0.25) is 17.6 Å². The summed E-state index contributed by atoms with van der Waals surface area (Å²) in [6.45, 7) is 15.2. The van der Waals surface area contributed by atoms with Crippen molar-refractivity contribution < 1.29 is 32.4 Å². The number of rotatable bonds is 14. The first-order valence-electron chi connectivity index (χ1n) is 18.0. The minimum absolute atomic E-state index is 0.00609. The molecule has 0 aromatic rings. The van der Waals surface area contributed by atoms with Gasteiger partial charge in [-0.1, -0.05) is 73.6 Å². The van der Waals surface area contributed by atoms with Crippen LogP contribution in [0.1, 0.15) is 120 Å². The maximum Gasteiger partial charge on any atom is 0.315 e. The fourth-order valence-electron chi connectivity index (χ4n) is 7.70. The Balaban J connectivity index is 1.54. The van der Waals surface area contributed by atoms with Crippen LogP contribution in [0.15, 0.2) is 0 Å². The monoisotopic (exact) mass is 693 g/mol. The number of nitrogens with one attached hydrogen (secondary N) is 4. The number of amides is 5. The Morgan fingerprint density at radius 3 is 2.12 bits per heavy atom. The van der Waals surface area contributed by atoms with Gasteiger partial charge in [-0.3, -0.25) is 19.2 Å². The molecule has 0 spiro atoms. The van der Waals surface area contributed by atoms with E-state index in [9.17, 15) is 32.4 Å². The third kappa shape index (κ3) is 8.53. The number of hydrogen-bond acceptors (Lipinski definition) is 7. The van der Waals surface area contributed by atoms with Crippen LogP contribution >= 0.6 is 0 Å². The van der Waals surface area contributed by atoms with Gasteiger partial charge in [-0.15, -0.1) is 0 Å². The summed E-state index contributed by atoms with van der Waals surface area (Å²) >= 11 is 0. The van der Waals surface area contributed by atoms with Crippen molar-refractivity contribution in [1.29, 1.82) is 0 Å². The van der Waals surface area contributed by atoms with Gasteiger partial charge in [0.15, 0.2) is 9.84 Å². The third-order valence-corrected chi connectivity index (χ3v) is 13.5. The highest BCUT2D eigenvalue weighted by Gasteiger charge is 2.70. The van der Waals surface area contributed by atoms with E-state index in [1.54, 1.807) is 13.8 Å². The maximum absolute atomic E-state index is 14.4. The average molecular weight is 694 g/mol. The van der Waals surface area contributed by atoms with Crippen molar-refractivity contribution in [1.82, 2.24) is 26.2 Å². The van der Waals surface area contributed by atoms with Crippen molar-refractivity contribution in [2.75, 3.05) is 12.3 Å². The molecule has 1 saturated heterocycles. The lowest BCUT2D eigenvalue weighted by Gasteiger charge is -2.41. The molecule has 0 bridgehead atoms. The van der Waals surface area contributed by atoms with Crippen LogP contribution < -0.4 is 21.3 Å². The second-order valence-corrected chi connectivity index (χ2v) is 19.4. The van der Waals surface area contributed by atoms with Gasteiger partial charge in [0.25, 0.3) is 5.91 Å². The van der Waals surface area contributed by atoms with Gasteiger partial charge in [0, 0.05) is 12.6 Å². The molecule has 4 rings (SSSR count). The van der Waals surface area contributed by atoms with Crippen LogP contribution in [0, 0.1) is 22.7 Å². The Morgan fingerprint density at radius 1 is 0.958 bits per heavy atom. The van der Waals surface area contributed by atoms with E-state index >= 15 is 0 Å². The molecule has 272 valence electrons. The van der Waals surface area contributed by atoms with Crippen molar-refractivity contribution in [3.8, 4) is 0 Å². The molecule has 48 heavy (non-hydrogen) atoms. The minimum Gasteiger partial charge on any atom is -0.347 e. The molecule has 4 fully saturated rings. The molecular formula is C35H59N5O7S. The third-order valence-electron chi connectivity index (χ3n) is 11.1. The van der Waals surface area contributed by atoms with Gasteiger partial charge < -0.3 is 26.2 Å². The number of piperidine rings is 1. The van der Waals surface area contributed by atoms with Crippen LogP contribution in [0.25, 0.3) is 0 Å². The number of nitrogens with zero attached hydrogens (tertiary/aromatic N) is 1. The van der Waals surface area contributed by atoms with E-state index in [1.165, 1.54) is 4.90 Å². The molecule has 5 atom stereocenters. The van der Waals surface area contributed by atoms with Crippen LogP contribution in [-0.4, -0.2) is 90.1 Å². The number of Topliss-reactive ketones (excluding diaryl/α,β-unsaturated/α-hetero) is 1. The van der Waals surface area contributed by atoms with Crippen LogP contribution in [-0.2, 0) is 29.0 Å². The summed E-state index contributed by atoms with van der Waals surface area (Å²) in [6, 6.07) is -3.48. The maximum atomic E-state index is 14.4. The van der Waals surface area contributed by atoms with Crippen molar-refractivity contribution in [2.24, 2.45) is 22.7 Å². The molecule has 13 heteroatoms. The molecule has 0 aromatic heterocycles. The van der Waals surface area contributed by atoms with Gasteiger partial charge in [-0.25, -0.2) is 13.2 Å². The molecule has 0 aromatic carbocycles. The second kappa shape index (κ2) is 14.3. The van der Waals surface area contributed by atoms with Gasteiger partial charge in [0.05, 0.1) is 22.6 Å². The van der Waals surface area contributed by atoms with Crippen LogP contribution in [0.3, 0.4) is 0 Å². The molecule has 12 nitrogen and oxygen atoms in total. The lowest BCUT2D eigenvalue weighted by atomic mass is 9.83. The van der Waals surface area contributed by atoms with E-state index in [1.807, 2.05) is 27.7 Å². The number of carbonyl (C=O) groups is 5. The summed E-state index contributed by atoms with van der Waals surface area (Å²) in [5, 5.41) is 10.9. The summed E-state index contributed by atoms with van der Waals surface area (Å²) in [6.07, 6.45) is 7.02. The van der Waals surface area contributed by atoms with Crippen molar-refractivity contribution in [2.45, 2.75) is 155 Å². The van der Waals surface area contributed by atoms with E-state index in [-0.39, 0.29) is 29.0 Å². The zero-order valence-corrected chi connectivity index (χ0v) is 31.1. The number of urea groups is 1. The summed E-state index contributed by atoms with van der Waals surface area (Å²) in [5.41, 5.74) is -1.87. The predicted molar refractivity (Wildman–Crippen MR) is 184 cm³/mol. The van der Waals surface area contributed by atoms with E-state index in [0.29, 0.717) is 32.2 Å². The second-order valence-electron chi connectivity index (χ2n) is 16.8. The lowest BCUT2D eigenvalue weighted by molar-refractivity contribution is -0.145. The SMILES string of the molecule is CCCC[C@H](NC(=O)[C@@H]1[C@@H]2C(CN1C(=O)[C@@H](NC(=O)NC1(CS(=O)(=O)C(C)C)CCCCC1)C(C)(C)C)C2(C)C)C(=O)C(=O)NC1CC1. The Hall–Kier alpha value is -2.70. The molecule has 3 aliphatic carbocycles. The van der Waals surface area contributed by atoms with Crippen LogP contribution in [0.5, 0.6) is 0 Å². The normalized spacial score (nSPS) is 25.8. The predicted octanol–water partition coefficient (Wildman–Crippen LogP) is 3.23. The molecular weight excluding hydrogens is 634 g/mol. The van der Waals surface area contributed by atoms with Gasteiger partial charge in [-0.05, 0) is 68.6 Å². The summed E-state index contributed by atoms with van der Waals surface area (Å²) in [7, 11) is -3.46. The molecule has 5 amide bonds. The summed E-state index contributed by atoms with van der Waals surface area (Å²) < 4.78 is 26.0. The Labute approximate surface area is 287 Å². The van der Waals surface area contributed by atoms with Crippen molar-refractivity contribution in [3.63, 3.8) is 0 Å². The van der Waals surface area contributed by atoms with Gasteiger partial charge >= 0.3 is 6.03 Å². The first kappa shape index (κ1) is 38.1. The zero-order valence-electron chi connectivity index (χ0n) is 30.2. The topological polar surface area (TPSA) is 171 Å². The minimum atomic E-state index is -3.46. The average Bonchev–Trinajstić information content (AvgIpc) is 3.84. The Bertz CT molecular complexity index is 1360. The van der Waals surface area contributed by atoms with Crippen LogP contribution in [0.4, 0.5) is 4.79 Å². The standard InChI is InChI=1S/C35H59N5O7S/c1-9-10-14-24(27(41)30(43)36-22-15-16-22)37-29(42)26-25-23(34(25,7)8)19-40(26)31(44)28(33(4,5)6)38-32(45)39-35(17-12-11-13-18-35)20-48(46,47)21(2)3/h21-26,28H,9-20H2,1-8H3,(H,36,43)(H,37,42)(H2,38,39,45)/t23?,24-,25-,26-,28+/m0/s1. The molecule has 1 unspecified atom stereocenters. The number of sulfone groups is 1. The van der Waals surface area contributed by atoms with E-state index in [4.69, 9.17) is 0 Å². The highest BCUT2D eigenvalue weighted by molar-refractivity contribution is 7.92. The molecule has 0 radical (unpaired) electrons. The Kier molecular flexibility index (Phi) is 11.3. The van der Waals surface area contributed by atoms with E-state index < -0.39 is 73.7 Å². The van der Waals surface area contributed by atoms with E-state index in [0.717, 1.165) is 38.5 Å². The molecule has 1 aliphatic heterocycles. The summed E-state index contributed by atoms with van der Waals surface area (Å²) in [4.78, 5) is 69.5.